The molecule has 0 aliphatic heterocycles. The summed E-state index contributed by atoms with van der Waals surface area (Å²) in [6.45, 7) is 5.15. The number of carbonyl (C=O) groups is 3. The van der Waals surface area contributed by atoms with Crippen molar-refractivity contribution in [3.8, 4) is 0 Å². The third-order valence-electron chi connectivity index (χ3n) is 3.22. The molecule has 6 nitrogen and oxygen atoms in total. The normalized spacial score (nSPS) is 13.2. The summed E-state index contributed by atoms with van der Waals surface area (Å²) in [5.41, 5.74) is 6.16. The molecule has 0 spiro atoms. The molecule has 0 fully saturated rings. The Labute approximate surface area is 140 Å². The molecule has 3 amide bonds. The molecule has 4 N–H and O–H groups in total. The van der Waals surface area contributed by atoms with Crippen molar-refractivity contribution in [1.82, 2.24) is 10.6 Å². The Hall–Kier alpha value is -2.02. The minimum atomic E-state index is -0.780. The highest BCUT2D eigenvalue weighted by Gasteiger charge is 2.26. The van der Waals surface area contributed by atoms with Gasteiger partial charge in [-0.3, -0.25) is 14.4 Å². The average molecular weight is 337 g/mol. The van der Waals surface area contributed by atoms with Gasteiger partial charge < -0.3 is 16.4 Å². The Balaban J connectivity index is 2.56. The molecule has 0 saturated carbocycles. The van der Waals surface area contributed by atoms with Gasteiger partial charge in [0.25, 0.3) is 5.24 Å². The van der Waals surface area contributed by atoms with Crippen LogP contribution in [-0.4, -0.2) is 29.1 Å². The topological polar surface area (TPSA) is 101 Å². The highest BCUT2D eigenvalue weighted by Crippen LogP contribution is 2.14. The van der Waals surface area contributed by atoms with Crippen molar-refractivity contribution in [2.45, 2.75) is 38.6 Å². The minimum absolute atomic E-state index is 0.114. The number of amides is 3. The number of rotatable bonds is 7. The summed E-state index contributed by atoms with van der Waals surface area (Å²) in [7, 11) is 0. The van der Waals surface area contributed by atoms with Crippen LogP contribution in [0.4, 0.5) is 4.79 Å². The number of nitrogens with one attached hydrogen (secondary N) is 2. The first-order valence-electron chi connectivity index (χ1n) is 7.38. The maximum absolute atomic E-state index is 12.2. The molecule has 2 atom stereocenters. The predicted octanol–water partition coefficient (Wildman–Crippen LogP) is 1.64. The van der Waals surface area contributed by atoms with Crippen LogP contribution in [0.2, 0.25) is 0 Å². The van der Waals surface area contributed by atoms with E-state index in [0.29, 0.717) is 5.75 Å². The van der Waals surface area contributed by atoms with Gasteiger partial charge in [-0.25, -0.2) is 0 Å². The largest absolute Gasteiger partial charge is 0.368 e. The number of nitrogens with two attached hydrogens (primary N) is 1. The molecule has 1 aromatic carbocycles. The van der Waals surface area contributed by atoms with Crippen LogP contribution >= 0.6 is 11.8 Å². The predicted molar refractivity (Wildman–Crippen MR) is 91.7 cm³/mol. The van der Waals surface area contributed by atoms with E-state index >= 15 is 0 Å². The summed E-state index contributed by atoms with van der Waals surface area (Å²) in [6, 6.07) is 8.09. The van der Waals surface area contributed by atoms with E-state index in [-0.39, 0.29) is 11.2 Å². The van der Waals surface area contributed by atoms with Gasteiger partial charge in [0.05, 0.1) is 0 Å². The quantitative estimate of drug-likeness (QED) is 0.704. The number of thioether (sulfide) groups is 1. The van der Waals surface area contributed by atoms with Crippen LogP contribution in [0.5, 0.6) is 0 Å². The van der Waals surface area contributed by atoms with Crippen LogP contribution in [-0.2, 0) is 15.3 Å². The molecule has 0 radical (unpaired) electrons. The zero-order valence-corrected chi connectivity index (χ0v) is 14.4. The number of benzene rings is 1. The summed E-state index contributed by atoms with van der Waals surface area (Å²) >= 11 is 1.10. The monoisotopic (exact) mass is 337 g/mol. The second kappa shape index (κ2) is 9.19. The number of hydrogen-bond donors (Lipinski definition) is 3. The standard InChI is InChI=1S/C16H23N3O3S/c1-10(2)13(15(21)18-11(3)14(17)20)19-16(22)23-9-12-7-5-4-6-8-12/h4-8,10-11,13H,9H2,1-3H3,(H2,17,20)(H,18,21)(H,19,22)/t11-,13-/m0/s1. The van der Waals surface area contributed by atoms with Crippen molar-refractivity contribution in [2.24, 2.45) is 11.7 Å². The first-order chi connectivity index (χ1) is 10.8. The first kappa shape index (κ1) is 19.0. The van der Waals surface area contributed by atoms with Crippen LogP contribution in [0.15, 0.2) is 30.3 Å². The molecule has 0 unspecified atom stereocenters. The lowest BCUT2D eigenvalue weighted by atomic mass is 10.0. The summed E-state index contributed by atoms with van der Waals surface area (Å²) in [5.74, 6) is -0.626. The molecular formula is C16H23N3O3S. The fourth-order valence-electron chi connectivity index (χ4n) is 1.80. The Morgan fingerprint density at radius 1 is 1.09 bits per heavy atom. The maximum Gasteiger partial charge on any atom is 0.280 e. The van der Waals surface area contributed by atoms with E-state index in [1.165, 1.54) is 6.92 Å². The second-order valence-corrected chi connectivity index (χ2v) is 6.51. The van der Waals surface area contributed by atoms with Crippen LogP contribution in [0.3, 0.4) is 0 Å². The lowest BCUT2D eigenvalue weighted by Gasteiger charge is -2.22. The van der Waals surface area contributed by atoms with E-state index in [4.69, 9.17) is 5.73 Å². The first-order valence-corrected chi connectivity index (χ1v) is 8.36. The molecule has 1 aromatic rings. The van der Waals surface area contributed by atoms with Gasteiger partial charge in [-0.15, -0.1) is 0 Å². The molecular weight excluding hydrogens is 314 g/mol. The van der Waals surface area contributed by atoms with Crippen molar-refractivity contribution in [2.75, 3.05) is 0 Å². The third-order valence-corrected chi connectivity index (χ3v) is 4.08. The minimum Gasteiger partial charge on any atom is -0.368 e. The van der Waals surface area contributed by atoms with Crippen LogP contribution in [0, 0.1) is 5.92 Å². The Bertz CT molecular complexity index is 549. The third kappa shape index (κ3) is 6.73. The van der Waals surface area contributed by atoms with Gasteiger partial charge in [0, 0.05) is 5.75 Å². The molecule has 23 heavy (non-hydrogen) atoms. The summed E-state index contributed by atoms with van der Waals surface area (Å²) in [4.78, 5) is 35.2. The van der Waals surface area contributed by atoms with Gasteiger partial charge in [-0.05, 0) is 18.4 Å². The zero-order chi connectivity index (χ0) is 17.4. The fraction of sp³-hybridized carbons (Fsp3) is 0.438. The summed E-state index contributed by atoms with van der Waals surface area (Å²) in [6.07, 6.45) is 0. The summed E-state index contributed by atoms with van der Waals surface area (Å²) in [5, 5.41) is 4.91. The molecule has 0 aromatic heterocycles. The molecule has 0 heterocycles. The van der Waals surface area contributed by atoms with E-state index in [2.05, 4.69) is 10.6 Å². The number of hydrogen-bond acceptors (Lipinski definition) is 4. The van der Waals surface area contributed by atoms with Gasteiger partial charge >= 0.3 is 0 Å². The van der Waals surface area contributed by atoms with E-state index in [1.54, 1.807) is 0 Å². The molecule has 0 bridgehead atoms. The lowest BCUT2D eigenvalue weighted by Crippen LogP contribution is -2.53. The van der Waals surface area contributed by atoms with Crippen LogP contribution in [0.1, 0.15) is 26.3 Å². The van der Waals surface area contributed by atoms with E-state index in [9.17, 15) is 14.4 Å². The van der Waals surface area contributed by atoms with Crippen molar-refractivity contribution in [3.05, 3.63) is 35.9 Å². The van der Waals surface area contributed by atoms with Gasteiger partial charge in [-0.1, -0.05) is 55.9 Å². The number of primary amides is 1. The van der Waals surface area contributed by atoms with Gasteiger partial charge in [0.1, 0.15) is 12.1 Å². The van der Waals surface area contributed by atoms with E-state index in [1.807, 2.05) is 44.2 Å². The smallest absolute Gasteiger partial charge is 0.280 e. The van der Waals surface area contributed by atoms with E-state index < -0.39 is 23.9 Å². The highest BCUT2D eigenvalue weighted by molar-refractivity contribution is 8.12. The fourth-order valence-corrected chi connectivity index (χ4v) is 2.50. The van der Waals surface area contributed by atoms with Gasteiger partial charge in [-0.2, -0.15) is 0 Å². The average Bonchev–Trinajstić information content (AvgIpc) is 2.51. The summed E-state index contributed by atoms with van der Waals surface area (Å²) < 4.78 is 0. The van der Waals surface area contributed by atoms with Crippen molar-refractivity contribution in [3.63, 3.8) is 0 Å². The van der Waals surface area contributed by atoms with Crippen LogP contribution in [0.25, 0.3) is 0 Å². The SMILES string of the molecule is CC(C)[C@H](NC(=O)SCc1ccccc1)C(=O)N[C@@H](C)C(N)=O. The molecule has 0 aliphatic rings. The Morgan fingerprint density at radius 2 is 1.70 bits per heavy atom. The Kier molecular flexibility index (Phi) is 7.61. The van der Waals surface area contributed by atoms with E-state index in [0.717, 1.165) is 17.3 Å². The van der Waals surface area contributed by atoms with Crippen molar-refractivity contribution < 1.29 is 14.4 Å². The van der Waals surface area contributed by atoms with Crippen molar-refractivity contribution >= 4 is 28.8 Å². The molecule has 7 heteroatoms. The van der Waals surface area contributed by atoms with Gasteiger partial charge in [0.2, 0.25) is 11.8 Å². The van der Waals surface area contributed by atoms with Crippen LogP contribution < -0.4 is 16.4 Å². The highest BCUT2D eigenvalue weighted by atomic mass is 32.2. The number of carbonyl (C=O) groups excluding carboxylic acids is 3. The molecule has 0 aliphatic carbocycles. The Morgan fingerprint density at radius 3 is 2.22 bits per heavy atom. The van der Waals surface area contributed by atoms with Crippen molar-refractivity contribution in [1.29, 1.82) is 0 Å². The zero-order valence-electron chi connectivity index (χ0n) is 13.5. The molecule has 1 rings (SSSR count). The maximum atomic E-state index is 12.2. The van der Waals surface area contributed by atoms with Gasteiger partial charge in [0.15, 0.2) is 0 Å². The second-order valence-electron chi connectivity index (χ2n) is 5.56. The molecule has 0 saturated heterocycles. The molecule has 126 valence electrons. The lowest BCUT2D eigenvalue weighted by molar-refractivity contribution is -0.128.